The maximum Gasteiger partial charge on any atom is 0.269 e. The standard InChI is InChI=1S/C21H23N3O3S/c1-21(2,3)14-10-8-13(9-11-14)19(26)24-23-18(25)12-17-20(27)22-15-6-4-5-7-16(15)28-17/h4-11,17H,12H2,1-3H3,(H,22,27)(H,23,25)(H,24,26)/t17-/m0/s1. The fraction of sp³-hybridized carbons (Fsp3) is 0.286. The van der Waals surface area contributed by atoms with Gasteiger partial charge in [-0.25, -0.2) is 0 Å². The highest BCUT2D eigenvalue weighted by Crippen LogP contribution is 2.36. The fourth-order valence-electron chi connectivity index (χ4n) is 2.77. The van der Waals surface area contributed by atoms with E-state index in [1.54, 1.807) is 12.1 Å². The van der Waals surface area contributed by atoms with E-state index in [2.05, 4.69) is 36.9 Å². The Balaban J connectivity index is 1.53. The number of thioether (sulfide) groups is 1. The molecule has 1 aliphatic rings. The number of para-hydroxylation sites is 1. The van der Waals surface area contributed by atoms with E-state index in [0.29, 0.717) is 5.56 Å². The van der Waals surface area contributed by atoms with Crippen LogP contribution >= 0.6 is 11.8 Å². The van der Waals surface area contributed by atoms with E-state index in [0.717, 1.165) is 16.1 Å². The minimum atomic E-state index is -0.544. The van der Waals surface area contributed by atoms with Crippen molar-refractivity contribution in [3.05, 3.63) is 59.7 Å². The lowest BCUT2D eigenvalue weighted by Gasteiger charge is -2.23. The van der Waals surface area contributed by atoms with Gasteiger partial charge in [0.15, 0.2) is 0 Å². The second-order valence-corrected chi connectivity index (χ2v) is 8.87. The highest BCUT2D eigenvalue weighted by Gasteiger charge is 2.28. The number of carbonyl (C=O) groups is 3. The third-order valence-electron chi connectivity index (χ3n) is 4.41. The number of hydrazine groups is 1. The number of benzene rings is 2. The first-order valence-electron chi connectivity index (χ1n) is 9.00. The van der Waals surface area contributed by atoms with Crippen molar-refractivity contribution < 1.29 is 14.4 Å². The van der Waals surface area contributed by atoms with Crippen LogP contribution in [0.4, 0.5) is 5.69 Å². The first-order chi connectivity index (χ1) is 13.2. The van der Waals surface area contributed by atoms with Crippen LogP contribution in [0.2, 0.25) is 0 Å². The minimum absolute atomic E-state index is 0.0000760. The van der Waals surface area contributed by atoms with Gasteiger partial charge in [0.05, 0.1) is 10.9 Å². The van der Waals surface area contributed by atoms with Crippen LogP contribution in [-0.4, -0.2) is 23.0 Å². The van der Waals surface area contributed by atoms with Gasteiger partial charge < -0.3 is 5.32 Å². The molecule has 1 atom stereocenters. The second-order valence-electron chi connectivity index (χ2n) is 7.63. The van der Waals surface area contributed by atoms with E-state index in [1.807, 2.05) is 36.4 Å². The molecule has 2 aromatic carbocycles. The molecule has 0 aliphatic carbocycles. The second kappa shape index (κ2) is 8.06. The summed E-state index contributed by atoms with van der Waals surface area (Å²) in [6.07, 6.45) is -0.0337. The van der Waals surface area contributed by atoms with E-state index in [1.165, 1.54) is 11.8 Å². The van der Waals surface area contributed by atoms with Crippen molar-refractivity contribution in [1.82, 2.24) is 10.9 Å². The van der Waals surface area contributed by atoms with Crippen LogP contribution in [-0.2, 0) is 15.0 Å². The van der Waals surface area contributed by atoms with Crippen molar-refractivity contribution in [2.75, 3.05) is 5.32 Å². The molecule has 0 saturated carbocycles. The van der Waals surface area contributed by atoms with E-state index in [-0.39, 0.29) is 17.7 Å². The Morgan fingerprint density at radius 1 is 1.04 bits per heavy atom. The molecule has 0 saturated heterocycles. The summed E-state index contributed by atoms with van der Waals surface area (Å²) in [7, 11) is 0. The van der Waals surface area contributed by atoms with Gasteiger partial charge in [0.1, 0.15) is 0 Å². The Kier molecular flexibility index (Phi) is 5.74. The van der Waals surface area contributed by atoms with Crippen molar-refractivity contribution in [2.24, 2.45) is 0 Å². The summed E-state index contributed by atoms with van der Waals surface area (Å²) in [5.41, 5.74) is 7.11. The maximum atomic E-state index is 12.2. The molecule has 3 N–H and O–H groups in total. The van der Waals surface area contributed by atoms with Crippen LogP contribution in [0.25, 0.3) is 0 Å². The first-order valence-corrected chi connectivity index (χ1v) is 9.88. The van der Waals surface area contributed by atoms with Crippen molar-refractivity contribution in [2.45, 2.75) is 42.8 Å². The van der Waals surface area contributed by atoms with Gasteiger partial charge in [0.2, 0.25) is 11.8 Å². The zero-order chi connectivity index (χ0) is 20.3. The smallest absolute Gasteiger partial charge is 0.269 e. The molecule has 0 radical (unpaired) electrons. The summed E-state index contributed by atoms with van der Waals surface area (Å²) in [4.78, 5) is 37.5. The van der Waals surface area contributed by atoms with Crippen LogP contribution < -0.4 is 16.2 Å². The van der Waals surface area contributed by atoms with Gasteiger partial charge in [-0.3, -0.25) is 25.2 Å². The van der Waals surface area contributed by atoms with Gasteiger partial charge in [0.25, 0.3) is 5.91 Å². The molecule has 0 bridgehead atoms. The number of hydrogen-bond acceptors (Lipinski definition) is 4. The monoisotopic (exact) mass is 397 g/mol. The van der Waals surface area contributed by atoms with Gasteiger partial charge in [-0.05, 0) is 35.2 Å². The number of carbonyl (C=O) groups excluding carboxylic acids is 3. The van der Waals surface area contributed by atoms with Crippen LogP contribution in [0, 0.1) is 0 Å². The van der Waals surface area contributed by atoms with E-state index >= 15 is 0 Å². The molecule has 0 fully saturated rings. The molecule has 146 valence electrons. The number of fused-ring (bicyclic) bond motifs is 1. The Hall–Kier alpha value is -2.80. The average molecular weight is 398 g/mol. The Morgan fingerprint density at radius 3 is 2.39 bits per heavy atom. The zero-order valence-corrected chi connectivity index (χ0v) is 16.9. The first kappa shape index (κ1) is 19.9. The summed E-state index contributed by atoms with van der Waals surface area (Å²) in [5, 5.41) is 2.25. The quantitative estimate of drug-likeness (QED) is 0.694. The predicted octanol–water partition coefficient (Wildman–Crippen LogP) is 3.25. The summed E-state index contributed by atoms with van der Waals surface area (Å²) in [6, 6.07) is 14.7. The van der Waals surface area contributed by atoms with Gasteiger partial charge in [-0.2, -0.15) is 0 Å². The van der Waals surface area contributed by atoms with Gasteiger partial charge in [-0.15, -0.1) is 11.8 Å². The number of amides is 3. The lowest BCUT2D eigenvalue weighted by Crippen LogP contribution is -2.44. The molecule has 0 unspecified atom stereocenters. The Bertz CT molecular complexity index is 904. The number of hydrogen-bond donors (Lipinski definition) is 3. The van der Waals surface area contributed by atoms with E-state index in [4.69, 9.17) is 0 Å². The lowest BCUT2D eigenvalue weighted by molar-refractivity contribution is -0.124. The maximum absolute atomic E-state index is 12.2. The molecule has 28 heavy (non-hydrogen) atoms. The van der Waals surface area contributed by atoms with Crippen LogP contribution in [0.1, 0.15) is 43.1 Å². The SMILES string of the molecule is CC(C)(C)c1ccc(C(=O)NNC(=O)C[C@@H]2Sc3ccccc3NC2=O)cc1. The van der Waals surface area contributed by atoms with Crippen molar-refractivity contribution >= 4 is 35.2 Å². The van der Waals surface area contributed by atoms with E-state index < -0.39 is 17.1 Å². The molecule has 2 aromatic rings. The van der Waals surface area contributed by atoms with Crippen molar-refractivity contribution in [3.8, 4) is 0 Å². The number of anilines is 1. The molecule has 6 nitrogen and oxygen atoms in total. The summed E-state index contributed by atoms with van der Waals surface area (Å²) >= 11 is 1.34. The molecule has 1 heterocycles. The number of rotatable bonds is 3. The Morgan fingerprint density at radius 2 is 1.71 bits per heavy atom. The summed E-state index contributed by atoms with van der Waals surface area (Å²) in [5.74, 6) is -1.05. The molecule has 3 amide bonds. The van der Waals surface area contributed by atoms with Crippen LogP contribution in [0.3, 0.4) is 0 Å². The molecule has 1 aliphatic heterocycles. The summed E-state index contributed by atoms with van der Waals surface area (Å²) < 4.78 is 0. The fourth-order valence-corrected chi connectivity index (χ4v) is 3.88. The predicted molar refractivity (Wildman–Crippen MR) is 110 cm³/mol. The molecule has 3 rings (SSSR count). The highest BCUT2D eigenvalue weighted by atomic mass is 32.2. The normalized spacial score (nSPS) is 16.0. The van der Waals surface area contributed by atoms with Crippen molar-refractivity contribution in [3.63, 3.8) is 0 Å². The molecular formula is C21H23N3O3S. The summed E-state index contributed by atoms with van der Waals surface area (Å²) in [6.45, 7) is 6.29. The largest absolute Gasteiger partial charge is 0.324 e. The van der Waals surface area contributed by atoms with E-state index in [9.17, 15) is 14.4 Å². The Labute approximate surface area is 168 Å². The van der Waals surface area contributed by atoms with Gasteiger partial charge in [0, 0.05) is 16.9 Å². The molecule has 0 aromatic heterocycles. The van der Waals surface area contributed by atoms with Gasteiger partial charge in [-0.1, -0.05) is 45.0 Å². The zero-order valence-electron chi connectivity index (χ0n) is 16.0. The van der Waals surface area contributed by atoms with Crippen molar-refractivity contribution in [1.29, 1.82) is 0 Å². The lowest BCUT2D eigenvalue weighted by atomic mass is 9.87. The topological polar surface area (TPSA) is 87.3 Å². The third kappa shape index (κ3) is 4.72. The number of nitrogens with one attached hydrogen (secondary N) is 3. The van der Waals surface area contributed by atoms with Crippen LogP contribution in [0.5, 0.6) is 0 Å². The molecular weight excluding hydrogens is 374 g/mol. The van der Waals surface area contributed by atoms with Crippen LogP contribution in [0.15, 0.2) is 53.4 Å². The molecule has 0 spiro atoms. The third-order valence-corrected chi connectivity index (χ3v) is 5.68. The van der Waals surface area contributed by atoms with Gasteiger partial charge >= 0.3 is 0 Å². The minimum Gasteiger partial charge on any atom is -0.324 e. The highest BCUT2D eigenvalue weighted by molar-refractivity contribution is 8.01. The average Bonchev–Trinajstić information content (AvgIpc) is 2.66. The molecule has 7 heteroatoms.